The van der Waals surface area contributed by atoms with E-state index in [1.807, 2.05) is 69.3 Å². The molecule has 7 heteroatoms. The van der Waals surface area contributed by atoms with Gasteiger partial charge in [0.1, 0.15) is 17.3 Å². The van der Waals surface area contributed by atoms with E-state index in [9.17, 15) is 14.7 Å². The number of hydrogen-bond donors (Lipinski definition) is 2. The highest BCUT2D eigenvalue weighted by molar-refractivity contribution is 6.46. The topological polar surface area (TPSA) is 91.9 Å². The number of ether oxygens (including phenoxy) is 2. The average Bonchev–Trinajstić information content (AvgIpc) is 3.44. The molecule has 194 valence electrons. The summed E-state index contributed by atoms with van der Waals surface area (Å²) >= 11 is 0. The number of carbonyl (C=O) groups excluding carboxylic acids is 2. The van der Waals surface area contributed by atoms with Crippen molar-refractivity contribution in [3.63, 3.8) is 0 Å². The highest BCUT2D eigenvalue weighted by Crippen LogP contribution is 2.43. The SMILES string of the molecule is COc1ccc(CN2C(=O)C(=O)/C(=C(/O)c3ccc(OC(C)C)c(C)c3)C2c2c[nH]c3ccccc23)cc1. The lowest BCUT2D eigenvalue weighted by Gasteiger charge is -2.25. The summed E-state index contributed by atoms with van der Waals surface area (Å²) in [4.78, 5) is 31.7. The Labute approximate surface area is 221 Å². The van der Waals surface area contributed by atoms with Crippen LogP contribution in [0.2, 0.25) is 0 Å². The molecule has 0 saturated carbocycles. The number of ketones is 1. The molecule has 1 atom stereocenters. The normalized spacial score (nSPS) is 17.0. The van der Waals surface area contributed by atoms with Crippen molar-refractivity contribution in [2.24, 2.45) is 0 Å². The van der Waals surface area contributed by atoms with Crippen LogP contribution < -0.4 is 9.47 Å². The van der Waals surface area contributed by atoms with Crippen LogP contribution in [0.1, 0.15) is 42.1 Å². The van der Waals surface area contributed by atoms with Crippen LogP contribution >= 0.6 is 0 Å². The van der Waals surface area contributed by atoms with Crippen molar-refractivity contribution in [2.75, 3.05) is 7.11 Å². The number of benzene rings is 3. The molecule has 1 fully saturated rings. The highest BCUT2D eigenvalue weighted by Gasteiger charge is 2.46. The highest BCUT2D eigenvalue weighted by atomic mass is 16.5. The van der Waals surface area contributed by atoms with Crippen molar-refractivity contribution in [1.29, 1.82) is 0 Å². The summed E-state index contributed by atoms with van der Waals surface area (Å²) in [5.41, 5.74) is 3.79. The number of H-pyrrole nitrogens is 1. The summed E-state index contributed by atoms with van der Waals surface area (Å²) in [6, 6.07) is 19.5. The number of aromatic amines is 1. The summed E-state index contributed by atoms with van der Waals surface area (Å²) in [5.74, 6) is -0.190. The Bertz CT molecular complexity index is 1550. The van der Waals surface area contributed by atoms with E-state index >= 15 is 0 Å². The number of aliphatic hydroxyl groups is 1. The standard InChI is InChI=1S/C31H30N2O5/c1-18(2)38-26-14-11-21(15-19(26)3)29(34)27-28(24-16-32-25-8-6-5-7-23(24)25)33(31(36)30(27)35)17-20-9-12-22(37-4)13-10-20/h5-16,18,28,32,34H,17H2,1-4H3/b29-27+. The molecular formula is C31H30N2O5. The molecule has 7 nitrogen and oxygen atoms in total. The molecule has 1 unspecified atom stereocenters. The zero-order chi connectivity index (χ0) is 27.0. The molecule has 1 aromatic heterocycles. The largest absolute Gasteiger partial charge is 0.507 e. The van der Waals surface area contributed by atoms with Crippen molar-refractivity contribution in [3.05, 3.63) is 101 Å². The number of aryl methyl sites for hydroxylation is 1. The summed E-state index contributed by atoms with van der Waals surface area (Å²) in [5, 5.41) is 12.4. The lowest BCUT2D eigenvalue weighted by molar-refractivity contribution is -0.140. The Kier molecular flexibility index (Phi) is 6.68. The molecule has 0 aliphatic carbocycles. The van der Waals surface area contributed by atoms with Gasteiger partial charge >= 0.3 is 0 Å². The van der Waals surface area contributed by atoms with E-state index in [4.69, 9.17) is 9.47 Å². The predicted octanol–water partition coefficient (Wildman–Crippen LogP) is 5.89. The molecule has 2 N–H and O–H groups in total. The second-order valence-electron chi connectivity index (χ2n) is 9.71. The number of rotatable bonds is 7. The third-order valence-corrected chi connectivity index (χ3v) is 6.78. The van der Waals surface area contributed by atoms with Crippen molar-refractivity contribution in [2.45, 2.75) is 39.5 Å². The van der Waals surface area contributed by atoms with Gasteiger partial charge in [0.05, 0.1) is 24.8 Å². The first-order chi connectivity index (χ1) is 18.3. The number of Topliss-reactive ketones (excluding diaryl/α,β-unsaturated/α-hetero) is 1. The first-order valence-corrected chi connectivity index (χ1v) is 12.5. The molecule has 0 bridgehead atoms. The second kappa shape index (κ2) is 10.1. The van der Waals surface area contributed by atoms with Gasteiger partial charge in [-0.25, -0.2) is 0 Å². The van der Waals surface area contributed by atoms with E-state index in [2.05, 4.69) is 4.98 Å². The molecule has 1 amide bonds. The summed E-state index contributed by atoms with van der Waals surface area (Å²) in [6.45, 7) is 5.96. The van der Waals surface area contributed by atoms with Gasteiger partial charge in [0.25, 0.3) is 11.7 Å². The Hall–Kier alpha value is -4.52. The summed E-state index contributed by atoms with van der Waals surface area (Å²) in [6.07, 6.45) is 1.80. The lowest BCUT2D eigenvalue weighted by atomic mass is 9.94. The van der Waals surface area contributed by atoms with Gasteiger partial charge in [0.2, 0.25) is 0 Å². The number of hydrogen-bond acceptors (Lipinski definition) is 5. The molecule has 2 heterocycles. The van der Waals surface area contributed by atoms with E-state index in [0.29, 0.717) is 17.1 Å². The molecule has 3 aromatic carbocycles. The van der Waals surface area contributed by atoms with Crippen molar-refractivity contribution in [1.82, 2.24) is 9.88 Å². The fourth-order valence-corrected chi connectivity index (χ4v) is 4.95. The molecule has 38 heavy (non-hydrogen) atoms. The number of likely N-dealkylation sites (tertiary alicyclic amines) is 1. The number of carbonyl (C=O) groups is 2. The smallest absolute Gasteiger partial charge is 0.295 e. The van der Waals surface area contributed by atoms with Gasteiger partial charge in [0, 0.05) is 34.8 Å². The number of fused-ring (bicyclic) bond motifs is 1. The number of amides is 1. The molecule has 1 saturated heterocycles. The van der Waals surface area contributed by atoms with E-state index < -0.39 is 17.7 Å². The maximum absolute atomic E-state index is 13.5. The van der Waals surface area contributed by atoms with Crippen molar-refractivity contribution >= 4 is 28.4 Å². The molecule has 4 aromatic rings. The zero-order valence-corrected chi connectivity index (χ0v) is 21.8. The molecular weight excluding hydrogens is 480 g/mol. The van der Waals surface area contributed by atoms with Gasteiger partial charge in [-0.2, -0.15) is 0 Å². The first-order valence-electron chi connectivity index (χ1n) is 12.5. The van der Waals surface area contributed by atoms with Crippen molar-refractivity contribution in [3.8, 4) is 11.5 Å². The minimum atomic E-state index is -0.778. The molecule has 1 aliphatic heterocycles. The Morgan fingerprint density at radius 3 is 2.47 bits per heavy atom. The number of para-hydroxylation sites is 1. The molecule has 0 spiro atoms. The third kappa shape index (κ3) is 4.52. The quantitative estimate of drug-likeness (QED) is 0.184. The third-order valence-electron chi connectivity index (χ3n) is 6.78. The number of aliphatic hydroxyl groups excluding tert-OH is 1. The van der Waals surface area contributed by atoms with Gasteiger partial charge in [-0.15, -0.1) is 0 Å². The minimum absolute atomic E-state index is 0.00158. The number of aromatic nitrogens is 1. The number of nitrogens with one attached hydrogen (secondary N) is 1. The van der Waals surface area contributed by atoms with E-state index in [-0.39, 0.29) is 24.0 Å². The van der Waals surface area contributed by atoms with E-state index in [1.165, 1.54) is 4.90 Å². The second-order valence-corrected chi connectivity index (χ2v) is 9.71. The fourth-order valence-electron chi connectivity index (χ4n) is 4.95. The van der Waals surface area contributed by atoms with Gasteiger partial charge in [-0.05, 0) is 68.3 Å². The van der Waals surface area contributed by atoms with Gasteiger partial charge in [-0.3, -0.25) is 9.59 Å². The van der Waals surface area contributed by atoms with Crippen LogP contribution in [0.5, 0.6) is 11.5 Å². The van der Waals surface area contributed by atoms with Gasteiger partial charge < -0.3 is 24.5 Å². The van der Waals surface area contributed by atoms with Crippen LogP contribution in [0, 0.1) is 6.92 Å². The Balaban J connectivity index is 1.64. The minimum Gasteiger partial charge on any atom is -0.507 e. The van der Waals surface area contributed by atoms with Crippen LogP contribution in [0.25, 0.3) is 16.7 Å². The van der Waals surface area contributed by atoms with Crippen LogP contribution in [0.4, 0.5) is 0 Å². The van der Waals surface area contributed by atoms with Crippen LogP contribution in [0.3, 0.4) is 0 Å². The molecule has 5 rings (SSSR count). The fraction of sp³-hybridized carbons (Fsp3) is 0.226. The molecule has 0 radical (unpaired) electrons. The Morgan fingerprint density at radius 1 is 1.05 bits per heavy atom. The summed E-state index contributed by atoms with van der Waals surface area (Å²) < 4.78 is 11.1. The van der Waals surface area contributed by atoms with Gasteiger partial charge in [0.15, 0.2) is 0 Å². The monoisotopic (exact) mass is 510 g/mol. The van der Waals surface area contributed by atoms with E-state index in [1.54, 1.807) is 31.5 Å². The maximum Gasteiger partial charge on any atom is 0.295 e. The number of nitrogens with zero attached hydrogens (tertiary/aromatic N) is 1. The lowest BCUT2D eigenvalue weighted by Crippen LogP contribution is -2.29. The Morgan fingerprint density at radius 2 is 1.79 bits per heavy atom. The van der Waals surface area contributed by atoms with E-state index in [0.717, 1.165) is 27.6 Å². The first kappa shape index (κ1) is 25.1. The van der Waals surface area contributed by atoms with Crippen molar-refractivity contribution < 1.29 is 24.2 Å². The predicted molar refractivity (Wildman–Crippen MR) is 146 cm³/mol. The maximum atomic E-state index is 13.5. The average molecular weight is 511 g/mol. The number of methoxy groups -OCH3 is 1. The molecule has 1 aliphatic rings. The van der Waals surface area contributed by atoms with Crippen LogP contribution in [-0.4, -0.2) is 39.9 Å². The zero-order valence-electron chi connectivity index (χ0n) is 21.8. The van der Waals surface area contributed by atoms with Crippen LogP contribution in [-0.2, 0) is 16.1 Å². The van der Waals surface area contributed by atoms with Gasteiger partial charge in [-0.1, -0.05) is 30.3 Å². The van der Waals surface area contributed by atoms with Crippen LogP contribution in [0.15, 0.2) is 78.5 Å². The summed E-state index contributed by atoms with van der Waals surface area (Å²) in [7, 11) is 1.59.